The van der Waals surface area contributed by atoms with Gasteiger partial charge in [0.15, 0.2) is 5.82 Å². The molecule has 3 heterocycles. The van der Waals surface area contributed by atoms with Gasteiger partial charge in [-0.25, -0.2) is 4.99 Å². The second kappa shape index (κ2) is 8.81. The molecule has 2 aliphatic rings. The van der Waals surface area contributed by atoms with E-state index in [1.54, 1.807) is 6.20 Å². The molecule has 1 fully saturated rings. The molecule has 0 saturated carbocycles. The summed E-state index contributed by atoms with van der Waals surface area (Å²) >= 11 is 0. The third-order valence-electron chi connectivity index (χ3n) is 4.83. The molecule has 4 rings (SSSR count). The minimum Gasteiger partial charge on any atom is -0.494 e. The SMILES string of the molecule is c1cnnc(N2CCN(CCCOc3ccc(C4=NCCO4)cc3)CC2)c1. The highest BCUT2D eigenvalue weighted by atomic mass is 16.5. The average molecular weight is 367 g/mol. The zero-order valence-corrected chi connectivity index (χ0v) is 15.5. The summed E-state index contributed by atoms with van der Waals surface area (Å²) in [5, 5.41) is 8.15. The van der Waals surface area contributed by atoms with Crippen molar-refractivity contribution in [2.24, 2.45) is 4.99 Å². The molecular weight excluding hydrogens is 342 g/mol. The fraction of sp³-hybridized carbons (Fsp3) is 0.450. The van der Waals surface area contributed by atoms with Crippen LogP contribution in [0.1, 0.15) is 12.0 Å². The molecule has 0 atom stereocenters. The van der Waals surface area contributed by atoms with Crippen LogP contribution in [-0.4, -0.2) is 73.5 Å². The van der Waals surface area contributed by atoms with E-state index in [4.69, 9.17) is 9.47 Å². The van der Waals surface area contributed by atoms with Crippen molar-refractivity contribution in [2.45, 2.75) is 6.42 Å². The first-order valence-corrected chi connectivity index (χ1v) is 9.54. The predicted octanol–water partition coefficient (Wildman–Crippen LogP) is 1.84. The second-order valence-electron chi connectivity index (χ2n) is 6.67. The topological polar surface area (TPSA) is 63.1 Å². The van der Waals surface area contributed by atoms with E-state index in [-0.39, 0.29) is 0 Å². The van der Waals surface area contributed by atoms with Gasteiger partial charge in [0.05, 0.1) is 13.2 Å². The zero-order valence-electron chi connectivity index (χ0n) is 15.5. The van der Waals surface area contributed by atoms with Crippen LogP contribution in [0.4, 0.5) is 5.82 Å². The van der Waals surface area contributed by atoms with E-state index >= 15 is 0 Å². The molecular formula is C20H25N5O2. The molecule has 1 aromatic carbocycles. The number of hydrogen-bond acceptors (Lipinski definition) is 7. The Morgan fingerprint density at radius 1 is 1.04 bits per heavy atom. The highest BCUT2D eigenvalue weighted by molar-refractivity contribution is 5.94. The molecule has 7 nitrogen and oxygen atoms in total. The lowest BCUT2D eigenvalue weighted by atomic mass is 10.2. The van der Waals surface area contributed by atoms with Crippen molar-refractivity contribution in [3.63, 3.8) is 0 Å². The lowest BCUT2D eigenvalue weighted by Gasteiger charge is -2.35. The van der Waals surface area contributed by atoms with Gasteiger partial charge in [-0.1, -0.05) is 0 Å². The summed E-state index contributed by atoms with van der Waals surface area (Å²) in [4.78, 5) is 9.10. The van der Waals surface area contributed by atoms with E-state index in [0.717, 1.165) is 75.3 Å². The van der Waals surface area contributed by atoms with Gasteiger partial charge in [-0.15, -0.1) is 5.10 Å². The average Bonchev–Trinajstić information content (AvgIpc) is 3.28. The largest absolute Gasteiger partial charge is 0.494 e. The number of ether oxygens (including phenoxy) is 2. The maximum absolute atomic E-state index is 5.87. The minimum atomic E-state index is 0.681. The van der Waals surface area contributed by atoms with E-state index < -0.39 is 0 Å². The van der Waals surface area contributed by atoms with Gasteiger partial charge >= 0.3 is 0 Å². The van der Waals surface area contributed by atoms with Crippen LogP contribution in [0.15, 0.2) is 47.6 Å². The first-order chi connectivity index (χ1) is 13.4. The normalized spacial score (nSPS) is 17.5. The lowest BCUT2D eigenvalue weighted by molar-refractivity contribution is 0.224. The van der Waals surface area contributed by atoms with Crippen molar-refractivity contribution in [3.05, 3.63) is 48.2 Å². The number of aromatic nitrogens is 2. The molecule has 2 aliphatic heterocycles. The van der Waals surface area contributed by atoms with Crippen LogP contribution >= 0.6 is 0 Å². The van der Waals surface area contributed by atoms with Gasteiger partial charge in [0.25, 0.3) is 0 Å². The molecule has 142 valence electrons. The Morgan fingerprint density at radius 3 is 2.59 bits per heavy atom. The third-order valence-corrected chi connectivity index (χ3v) is 4.83. The Hall–Kier alpha value is -2.67. The number of anilines is 1. The quantitative estimate of drug-likeness (QED) is 0.696. The van der Waals surface area contributed by atoms with E-state index in [2.05, 4.69) is 25.0 Å². The second-order valence-corrected chi connectivity index (χ2v) is 6.67. The Balaban J connectivity index is 1.15. The summed E-state index contributed by atoms with van der Waals surface area (Å²) in [5.41, 5.74) is 1.01. The summed E-state index contributed by atoms with van der Waals surface area (Å²) in [5.74, 6) is 2.60. The van der Waals surface area contributed by atoms with Gasteiger partial charge in [-0.2, -0.15) is 5.10 Å². The van der Waals surface area contributed by atoms with E-state index in [1.807, 2.05) is 36.4 Å². The van der Waals surface area contributed by atoms with Crippen LogP contribution in [0, 0.1) is 0 Å². The Kier molecular flexibility index (Phi) is 5.79. The van der Waals surface area contributed by atoms with Gasteiger partial charge in [0.1, 0.15) is 12.4 Å². The van der Waals surface area contributed by atoms with Gasteiger partial charge < -0.3 is 14.4 Å². The van der Waals surface area contributed by atoms with Crippen molar-refractivity contribution in [1.29, 1.82) is 0 Å². The summed E-state index contributed by atoms with van der Waals surface area (Å²) in [6.45, 7) is 7.29. The van der Waals surface area contributed by atoms with Crippen LogP contribution in [0.2, 0.25) is 0 Å². The first-order valence-electron chi connectivity index (χ1n) is 9.54. The fourth-order valence-corrected chi connectivity index (χ4v) is 3.34. The minimum absolute atomic E-state index is 0.681. The number of aliphatic imine (C=N–C) groups is 1. The molecule has 0 bridgehead atoms. The lowest BCUT2D eigenvalue weighted by Crippen LogP contribution is -2.47. The number of hydrogen-bond donors (Lipinski definition) is 0. The van der Waals surface area contributed by atoms with Crippen LogP contribution < -0.4 is 9.64 Å². The van der Waals surface area contributed by atoms with E-state index in [1.165, 1.54) is 0 Å². The van der Waals surface area contributed by atoms with Crippen molar-refractivity contribution in [3.8, 4) is 5.75 Å². The standard InChI is InChI=1S/C20H25N5O2/c1-3-19(23-22-8-1)25-13-11-24(12-14-25)10-2-15-26-18-6-4-17(5-7-18)20-21-9-16-27-20/h1,3-8H,2,9-16H2. The highest BCUT2D eigenvalue weighted by Gasteiger charge is 2.17. The van der Waals surface area contributed by atoms with Crippen molar-refractivity contribution >= 4 is 11.7 Å². The third kappa shape index (κ3) is 4.74. The Labute approximate surface area is 159 Å². The summed E-state index contributed by atoms with van der Waals surface area (Å²) < 4.78 is 11.3. The molecule has 2 aromatic rings. The molecule has 0 amide bonds. The molecule has 7 heteroatoms. The van der Waals surface area contributed by atoms with Crippen LogP contribution in [0.5, 0.6) is 5.75 Å². The summed E-state index contributed by atoms with van der Waals surface area (Å²) in [7, 11) is 0. The Morgan fingerprint density at radius 2 is 1.89 bits per heavy atom. The van der Waals surface area contributed by atoms with Gasteiger partial charge in [0.2, 0.25) is 5.90 Å². The molecule has 27 heavy (non-hydrogen) atoms. The zero-order chi connectivity index (χ0) is 18.3. The molecule has 1 saturated heterocycles. The number of nitrogens with zero attached hydrogens (tertiary/aromatic N) is 5. The molecule has 1 aromatic heterocycles. The van der Waals surface area contributed by atoms with Gasteiger partial charge in [-0.3, -0.25) is 4.90 Å². The number of rotatable bonds is 7. The molecule has 0 aliphatic carbocycles. The van der Waals surface area contributed by atoms with Gasteiger partial charge in [-0.05, 0) is 42.8 Å². The van der Waals surface area contributed by atoms with Crippen molar-refractivity contribution < 1.29 is 9.47 Å². The summed E-state index contributed by atoms with van der Waals surface area (Å²) in [6.07, 6.45) is 2.73. The van der Waals surface area contributed by atoms with Crippen molar-refractivity contribution in [1.82, 2.24) is 15.1 Å². The predicted molar refractivity (Wildman–Crippen MR) is 105 cm³/mol. The van der Waals surface area contributed by atoms with Crippen LogP contribution in [-0.2, 0) is 4.74 Å². The molecule has 0 unspecified atom stereocenters. The number of benzene rings is 1. The maximum Gasteiger partial charge on any atom is 0.216 e. The number of piperazine rings is 1. The maximum atomic E-state index is 5.87. The highest BCUT2D eigenvalue weighted by Crippen LogP contribution is 2.16. The van der Waals surface area contributed by atoms with Gasteiger partial charge in [0, 0.05) is 44.5 Å². The molecule has 0 spiro atoms. The monoisotopic (exact) mass is 367 g/mol. The Bertz CT molecular complexity index is 743. The first kappa shape index (κ1) is 17.7. The van der Waals surface area contributed by atoms with Crippen molar-refractivity contribution in [2.75, 3.05) is 57.4 Å². The van der Waals surface area contributed by atoms with E-state index in [9.17, 15) is 0 Å². The summed E-state index contributed by atoms with van der Waals surface area (Å²) in [6, 6.07) is 11.9. The molecule has 0 radical (unpaired) electrons. The smallest absolute Gasteiger partial charge is 0.216 e. The fourth-order valence-electron chi connectivity index (χ4n) is 3.34. The van der Waals surface area contributed by atoms with Crippen LogP contribution in [0.25, 0.3) is 0 Å². The molecule has 0 N–H and O–H groups in total. The van der Waals surface area contributed by atoms with E-state index in [0.29, 0.717) is 6.61 Å². The van der Waals surface area contributed by atoms with Crippen LogP contribution in [0.3, 0.4) is 0 Å².